The smallest absolute Gasteiger partial charge is 0.296 e. The van der Waals surface area contributed by atoms with Crippen molar-refractivity contribution in [1.82, 2.24) is 14.6 Å². The van der Waals surface area contributed by atoms with Crippen molar-refractivity contribution in [2.45, 2.75) is 6.42 Å². The van der Waals surface area contributed by atoms with Crippen molar-refractivity contribution in [2.75, 3.05) is 7.11 Å². The summed E-state index contributed by atoms with van der Waals surface area (Å²) in [6.07, 6.45) is 5.38. The SMILES string of the molecule is COc1ccccc1/C=C/C=c1\sc2nc(=O)c(Cc3ccc(F)cc3)nn2c1=O. The Morgan fingerprint density at radius 2 is 1.90 bits per heavy atom. The first-order valence-corrected chi connectivity index (χ1v) is 9.85. The fourth-order valence-electron chi connectivity index (χ4n) is 2.90. The van der Waals surface area contributed by atoms with E-state index in [9.17, 15) is 14.0 Å². The first-order chi connectivity index (χ1) is 14.5. The molecule has 0 fully saturated rings. The number of hydrogen-bond donors (Lipinski definition) is 0. The molecule has 2 aromatic carbocycles. The molecular formula is C22H16FN3O3S. The minimum atomic E-state index is -0.503. The highest BCUT2D eigenvalue weighted by Crippen LogP contribution is 2.18. The maximum Gasteiger partial charge on any atom is 0.296 e. The molecule has 8 heteroatoms. The highest BCUT2D eigenvalue weighted by atomic mass is 32.1. The zero-order chi connectivity index (χ0) is 21.1. The molecule has 0 aliphatic heterocycles. The van der Waals surface area contributed by atoms with Gasteiger partial charge in [0.25, 0.3) is 11.1 Å². The Morgan fingerprint density at radius 1 is 1.13 bits per heavy atom. The van der Waals surface area contributed by atoms with Gasteiger partial charge in [-0.2, -0.15) is 14.6 Å². The number of nitrogens with zero attached hydrogens (tertiary/aromatic N) is 3. The van der Waals surface area contributed by atoms with Crippen LogP contribution in [-0.4, -0.2) is 21.7 Å². The van der Waals surface area contributed by atoms with Crippen LogP contribution in [-0.2, 0) is 6.42 Å². The van der Waals surface area contributed by atoms with Crippen molar-refractivity contribution in [2.24, 2.45) is 0 Å². The number of allylic oxidation sites excluding steroid dienone is 1. The van der Waals surface area contributed by atoms with E-state index in [0.29, 0.717) is 10.1 Å². The summed E-state index contributed by atoms with van der Waals surface area (Å²) in [5.41, 5.74) is 0.850. The Labute approximate surface area is 174 Å². The van der Waals surface area contributed by atoms with Crippen molar-refractivity contribution in [3.63, 3.8) is 0 Å². The second kappa shape index (κ2) is 8.38. The van der Waals surface area contributed by atoms with Gasteiger partial charge < -0.3 is 4.74 Å². The van der Waals surface area contributed by atoms with Gasteiger partial charge in [-0.3, -0.25) is 9.59 Å². The monoisotopic (exact) mass is 421 g/mol. The van der Waals surface area contributed by atoms with Crippen LogP contribution in [0.4, 0.5) is 4.39 Å². The molecular weight excluding hydrogens is 405 g/mol. The van der Waals surface area contributed by atoms with E-state index in [1.165, 1.54) is 12.1 Å². The van der Waals surface area contributed by atoms with E-state index >= 15 is 0 Å². The van der Waals surface area contributed by atoms with Gasteiger partial charge >= 0.3 is 0 Å². The quantitative estimate of drug-likeness (QED) is 0.495. The van der Waals surface area contributed by atoms with Crippen LogP contribution < -0.4 is 20.4 Å². The normalized spacial score (nSPS) is 12.1. The Morgan fingerprint density at radius 3 is 2.67 bits per heavy atom. The van der Waals surface area contributed by atoms with E-state index in [1.54, 1.807) is 31.4 Å². The molecule has 6 nitrogen and oxygen atoms in total. The number of benzene rings is 2. The molecule has 0 spiro atoms. The zero-order valence-electron chi connectivity index (χ0n) is 15.9. The average molecular weight is 421 g/mol. The largest absolute Gasteiger partial charge is 0.496 e. The van der Waals surface area contributed by atoms with Crippen molar-refractivity contribution >= 4 is 28.4 Å². The first kappa shape index (κ1) is 19.7. The van der Waals surface area contributed by atoms with E-state index < -0.39 is 5.56 Å². The van der Waals surface area contributed by atoms with Crippen LogP contribution in [0.3, 0.4) is 0 Å². The third-order valence-electron chi connectivity index (χ3n) is 4.40. The minimum Gasteiger partial charge on any atom is -0.496 e. The maximum absolute atomic E-state index is 13.1. The summed E-state index contributed by atoms with van der Waals surface area (Å²) in [5, 5.41) is 4.19. The fraction of sp³-hybridized carbons (Fsp3) is 0.0909. The molecule has 0 aliphatic rings. The van der Waals surface area contributed by atoms with E-state index in [1.807, 2.05) is 30.3 Å². The van der Waals surface area contributed by atoms with E-state index in [4.69, 9.17) is 4.74 Å². The summed E-state index contributed by atoms with van der Waals surface area (Å²) in [5.74, 6) is 0.359. The van der Waals surface area contributed by atoms with Crippen molar-refractivity contribution in [3.8, 4) is 5.75 Å². The van der Waals surface area contributed by atoms with Gasteiger partial charge in [-0.05, 0) is 29.8 Å². The van der Waals surface area contributed by atoms with Crippen molar-refractivity contribution in [1.29, 1.82) is 0 Å². The van der Waals surface area contributed by atoms with E-state index in [2.05, 4.69) is 10.1 Å². The molecule has 4 aromatic rings. The minimum absolute atomic E-state index is 0.130. The lowest BCUT2D eigenvalue weighted by molar-refractivity contribution is 0.414. The van der Waals surface area contributed by atoms with Crippen LogP contribution in [0.15, 0.2) is 64.2 Å². The number of thiazole rings is 1. The summed E-state index contributed by atoms with van der Waals surface area (Å²) in [6.45, 7) is 0. The fourth-order valence-corrected chi connectivity index (χ4v) is 3.76. The lowest BCUT2D eigenvalue weighted by atomic mass is 10.1. The molecule has 2 aromatic heterocycles. The van der Waals surface area contributed by atoms with Crippen LogP contribution >= 0.6 is 11.3 Å². The van der Waals surface area contributed by atoms with Gasteiger partial charge in [0.2, 0.25) is 4.96 Å². The number of para-hydroxylation sites is 1. The molecule has 30 heavy (non-hydrogen) atoms. The van der Waals surface area contributed by atoms with Crippen molar-refractivity contribution in [3.05, 3.63) is 102 Å². The molecule has 0 saturated carbocycles. The molecule has 0 N–H and O–H groups in total. The van der Waals surface area contributed by atoms with Gasteiger partial charge in [-0.1, -0.05) is 53.8 Å². The second-order valence-corrected chi connectivity index (χ2v) is 7.41. The third kappa shape index (κ3) is 4.04. The second-order valence-electron chi connectivity index (χ2n) is 6.40. The average Bonchev–Trinajstić information content (AvgIpc) is 3.05. The number of halogens is 1. The number of ether oxygens (including phenoxy) is 1. The number of hydrogen-bond acceptors (Lipinski definition) is 6. The third-order valence-corrected chi connectivity index (χ3v) is 5.37. The van der Waals surface area contributed by atoms with E-state index in [-0.39, 0.29) is 28.5 Å². The topological polar surface area (TPSA) is 73.6 Å². The highest BCUT2D eigenvalue weighted by molar-refractivity contribution is 7.15. The predicted molar refractivity (Wildman–Crippen MR) is 114 cm³/mol. The van der Waals surface area contributed by atoms with Gasteiger partial charge in [0, 0.05) is 12.0 Å². The molecule has 0 unspecified atom stereocenters. The predicted octanol–water partition coefficient (Wildman–Crippen LogP) is 2.46. The van der Waals surface area contributed by atoms with Gasteiger partial charge in [0.15, 0.2) is 0 Å². The van der Waals surface area contributed by atoms with Crippen LogP contribution in [0.2, 0.25) is 0 Å². The molecule has 0 radical (unpaired) electrons. The number of rotatable bonds is 5. The molecule has 150 valence electrons. The maximum atomic E-state index is 13.1. The summed E-state index contributed by atoms with van der Waals surface area (Å²) in [7, 11) is 1.59. The highest BCUT2D eigenvalue weighted by Gasteiger charge is 2.11. The van der Waals surface area contributed by atoms with Gasteiger partial charge in [-0.25, -0.2) is 4.39 Å². The van der Waals surface area contributed by atoms with Crippen LogP contribution in [0, 0.1) is 5.82 Å². The Kier molecular flexibility index (Phi) is 5.49. The molecule has 0 atom stereocenters. The van der Waals surface area contributed by atoms with Gasteiger partial charge in [0.05, 0.1) is 11.6 Å². The number of methoxy groups -OCH3 is 1. The summed E-state index contributed by atoms with van der Waals surface area (Å²) in [4.78, 5) is 29.2. The number of fused-ring (bicyclic) bond motifs is 1. The first-order valence-electron chi connectivity index (χ1n) is 9.04. The molecule has 4 rings (SSSR count). The zero-order valence-corrected chi connectivity index (χ0v) is 16.7. The Hall–Kier alpha value is -3.65. The van der Waals surface area contributed by atoms with Gasteiger partial charge in [0.1, 0.15) is 17.3 Å². The molecule has 0 aliphatic carbocycles. The lowest BCUT2D eigenvalue weighted by Gasteiger charge is -2.02. The van der Waals surface area contributed by atoms with Crippen LogP contribution in [0.25, 0.3) is 17.1 Å². The summed E-state index contributed by atoms with van der Waals surface area (Å²) < 4.78 is 19.9. The Balaban J connectivity index is 1.69. The molecule has 0 saturated heterocycles. The lowest BCUT2D eigenvalue weighted by Crippen LogP contribution is -2.27. The summed E-state index contributed by atoms with van der Waals surface area (Å²) in [6, 6.07) is 13.3. The molecule has 2 heterocycles. The van der Waals surface area contributed by atoms with Gasteiger partial charge in [-0.15, -0.1) is 0 Å². The molecule has 0 bridgehead atoms. The summed E-state index contributed by atoms with van der Waals surface area (Å²) >= 11 is 1.09. The van der Waals surface area contributed by atoms with Crippen LogP contribution in [0.1, 0.15) is 16.8 Å². The Bertz CT molecular complexity index is 1410. The number of aromatic nitrogens is 3. The van der Waals surface area contributed by atoms with E-state index in [0.717, 1.165) is 27.2 Å². The molecule has 0 amide bonds. The standard InChI is InChI=1S/C22H16FN3O3S/c1-29-18-7-3-2-5-15(18)6-4-8-19-21(28)26-22(30-19)24-20(27)17(25-26)13-14-9-11-16(23)12-10-14/h2-12H,13H2,1H3/b6-4+,19-8-. The van der Waals surface area contributed by atoms with Crippen molar-refractivity contribution < 1.29 is 9.13 Å². The van der Waals surface area contributed by atoms with Crippen LogP contribution in [0.5, 0.6) is 5.75 Å².